The second kappa shape index (κ2) is 5.87. The molecule has 2 rings (SSSR count). The molecular formula is C15H20FNO4S. The van der Waals surface area contributed by atoms with Crippen molar-refractivity contribution in [3.63, 3.8) is 0 Å². The van der Waals surface area contributed by atoms with E-state index in [0.29, 0.717) is 12.8 Å². The van der Waals surface area contributed by atoms with Crippen LogP contribution in [0.3, 0.4) is 0 Å². The normalized spacial score (nSPS) is 19.9. The number of amides is 1. The largest absolute Gasteiger partial charge is 0.507 e. The summed E-state index contributed by atoms with van der Waals surface area (Å²) in [6.45, 7) is 3.58. The van der Waals surface area contributed by atoms with Crippen molar-refractivity contribution in [2.75, 3.05) is 18.8 Å². The van der Waals surface area contributed by atoms with Crippen molar-refractivity contribution in [2.24, 2.45) is 0 Å². The molecule has 0 atom stereocenters. The van der Waals surface area contributed by atoms with Gasteiger partial charge in [0.25, 0.3) is 5.91 Å². The molecule has 1 aliphatic heterocycles. The van der Waals surface area contributed by atoms with Gasteiger partial charge in [0.05, 0.1) is 10.5 Å². The Morgan fingerprint density at radius 3 is 2.55 bits per heavy atom. The van der Waals surface area contributed by atoms with Crippen LogP contribution >= 0.6 is 0 Å². The van der Waals surface area contributed by atoms with E-state index in [4.69, 9.17) is 0 Å². The Kier molecular flexibility index (Phi) is 4.47. The van der Waals surface area contributed by atoms with Crippen LogP contribution in [0.15, 0.2) is 18.2 Å². The smallest absolute Gasteiger partial charge is 0.260 e. The molecule has 0 bridgehead atoms. The Balaban J connectivity index is 2.37. The van der Waals surface area contributed by atoms with Crippen LogP contribution in [0.25, 0.3) is 0 Å². The third-order valence-electron chi connectivity index (χ3n) is 4.55. The van der Waals surface area contributed by atoms with Crippen LogP contribution < -0.4 is 0 Å². The summed E-state index contributed by atoms with van der Waals surface area (Å²) in [7, 11) is -3.30. The van der Waals surface area contributed by atoms with Crippen molar-refractivity contribution in [1.82, 2.24) is 4.90 Å². The van der Waals surface area contributed by atoms with Crippen molar-refractivity contribution in [3.8, 4) is 5.75 Å². The van der Waals surface area contributed by atoms with Crippen LogP contribution in [0, 0.1) is 5.82 Å². The maximum absolute atomic E-state index is 13.8. The molecule has 7 heteroatoms. The number of carbonyl (C=O) groups is 1. The Hall–Kier alpha value is -1.63. The molecule has 1 amide bonds. The highest BCUT2D eigenvalue weighted by molar-refractivity contribution is 7.92. The summed E-state index contributed by atoms with van der Waals surface area (Å²) in [4.78, 5) is 13.8. The van der Waals surface area contributed by atoms with E-state index in [0.717, 1.165) is 6.07 Å². The molecule has 5 nitrogen and oxygen atoms in total. The summed E-state index contributed by atoms with van der Waals surface area (Å²) in [5.74, 6) is -2.05. The van der Waals surface area contributed by atoms with Gasteiger partial charge in [0.15, 0.2) is 9.84 Å². The van der Waals surface area contributed by atoms with E-state index < -0.39 is 37.6 Å². The number of phenols is 1. The number of sulfone groups is 1. The summed E-state index contributed by atoms with van der Waals surface area (Å²) < 4.78 is 37.5. The molecule has 1 heterocycles. The predicted molar refractivity (Wildman–Crippen MR) is 81.1 cm³/mol. The zero-order valence-electron chi connectivity index (χ0n) is 12.7. The summed E-state index contributed by atoms with van der Waals surface area (Å²) in [6.07, 6.45) is 0.776. The first-order valence-electron chi connectivity index (χ1n) is 7.27. The van der Waals surface area contributed by atoms with Gasteiger partial charge >= 0.3 is 0 Å². The fraction of sp³-hybridized carbons (Fsp3) is 0.533. The summed E-state index contributed by atoms with van der Waals surface area (Å²) in [5, 5.41) is 9.73. The van der Waals surface area contributed by atoms with Gasteiger partial charge in [-0.05, 0) is 25.0 Å². The maximum Gasteiger partial charge on any atom is 0.260 e. The second-order valence-corrected chi connectivity index (χ2v) is 8.07. The minimum Gasteiger partial charge on any atom is -0.507 e. The topological polar surface area (TPSA) is 74.7 Å². The summed E-state index contributed by atoms with van der Waals surface area (Å²) in [6, 6.07) is 3.65. The lowest BCUT2D eigenvalue weighted by atomic mass is 10.0. The Morgan fingerprint density at radius 2 is 2.00 bits per heavy atom. The van der Waals surface area contributed by atoms with Crippen LogP contribution in [0.2, 0.25) is 0 Å². The van der Waals surface area contributed by atoms with Gasteiger partial charge in [-0.1, -0.05) is 19.9 Å². The molecule has 1 N–H and O–H groups in total. The number of hydrogen-bond donors (Lipinski definition) is 1. The minimum atomic E-state index is -3.30. The number of phenolic OH excluding ortho intramolecular Hbond substituents is 1. The number of halogens is 1. The molecular weight excluding hydrogens is 309 g/mol. The number of rotatable bonds is 3. The maximum atomic E-state index is 13.8. The number of carbonyl (C=O) groups excluding carboxylic acids is 1. The molecule has 0 unspecified atom stereocenters. The average Bonchev–Trinajstić information content (AvgIpc) is 2.47. The molecule has 1 fully saturated rings. The van der Waals surface area contributed by atoms with Crippen LogP contribution in [0.4, 0.5) is 4.39 Å². The Labute approximate surface area is 129 Å². The highest BCUT2D eigenvalue weighted by Gasteiger charge is 2.46. The molecule has 0 radical (unpaired) electrons. The van der Waals surface area contributed by atoms with Gasteiger partial charge in [0.1, 0.15) is 17.1 Å². The lowest BCUT2D eigenvalue weighted by molar-refractivity contribution is 0.0725. The van der Waals surface area contributed by atoms with E-state index in [9.17, 15) is 22.7 Å². The second-order valence-electron chi connectivity index (χ2n) is 5.57. The van der Waals surface area contributed by atoms with E-state index in [1.807, 2.05) is 0 Å². The van der Waals surface area contributed by atoms with Gasteiger partial charge in [-0.3, -0.25) is 4.79 Å². The molecule has 1 aromatic rings. The van der Waals surface area contributed by atoms with Crippen molar-refractivity contribution < 1.29 is 22.7 Å². The number of benzene rings is 1. The number of aromatic hydroxyl groups is 1. The van der Waals surface area contributed by atoms with Gasteiger partial charge in [0.2, 0.25) is 0 Å². The minimum absolute atomic E-state index is 0.0106. The summed E-state index contributed by atoms with van der Waals surface area (Å²) in [5.41, 5.74) is -0.400. The average molecular weight is 329 g/mol. The quantitative estimate of drug-likeness (QED) is 0.920. The molecule has 1 saturated heterocycles. The van der Waals surface area contributed by atoms with Gasteiger partial charge in [-0.15, -0.1) is 0 Å². The Morgan fingerprint density at radius 1 is 1.36 bits per heavy atom. The van der Waals surface area contributed by atoms with E-state index in [-0.39, 0.29) is 18.8 Å². The standard InChI is InChI=1S/C15H20FNO4S/c1-3-15(4-2)10-17(8-9-22(15,20)21)14(19)13-11(16)6-5-7-12(13)18/h5-7,18H,3-4,8-10H2,1-2H3. The van der Waals surface area contributed by atoms with Crippen LogP contribution in [-0.4, -0.2) is 47.9 Å². The zero-order chi connectivity index (χ0) is 16.5. The van der Waals surface area contributed by atoms with Gasteiger partial charge in [0, 0.05) is 13.1 Å². The van der Waals surface area contributed by atoms with Gasteiger partial charge in [-0.2, -0.15) is 0 Å². The molecule has 1 aliphatic rings. The third kappa shape index (κ3) is 2.58. The molecule has 22 heavy (non-hydrogen) atoms. The third-order valence-corrected chi connectivity index (χ3v) is 7.30. The predicted octanol–water partition coefficient (Wildman–Crippen LogP) is 1.96. The van der Waals surface area contributed by atoms with Gasteiger partial charge < -0.3 is 10.0 Å². The van der Waals surface area contributed by atoms with Crippen molar-refractivity contribution >= 4 is 15.7 Å². The SMILES string of the molecule is CCC1(CC)CN(C(=O)c2c(O)cccc2F)CCS1(=O)=O. The summed E-state index contributed by atoms with van der Waals surface area (Å²) >= 11 is 0. The molecule has 122 valence electrons. The molecule has 0 saturated carbocycles. The number of hydrogen-bond acceptors (Lipinski definition) is 4. The van der Waals surface area contributed by atoms with E-state index in [1.165, 1.54) is 17.0 Å². The lowest BCUT2D eigenvalue weighted by Crippen LogP contribution is -2.57. The zero-order valence-corrected chi connectivity index (χ0v) is 13.5. The van der Waals surface area contributed by atoms with E-state index in [2.05, 4.69) is 0 Å². The first-order chi connectivity index (χ1) is 10.3. The molecule has 0 aromatic heterocycles. The molecule has 0 aliphatic carbocycles. The fourth-order valence-corrected chi connectivity index (χ4v) is 5.07. The number of nitrogens with zero attached hydrogens (tertiary/aromatic N) is 1. The monoisotopic (exact) mass is 329 g/mol. The molecule has 1 aromatic carbocycles. The van der Waals surface area contributed by atoms with Gasteiger partial charge in [-0.25, -0.2) is 12.8 Å². The van der Waals surface area contributed by atoms with Crippen LogP contribution in [0.5, 0.6) is 5.75 Å². The molecule has 0 spiro atoms. The Bertz CT molecular complexity index is 663. The van der Waals surface area contributed by atoms with E-state index >= 15 is 0 Å². The highest BCUT2D eigenvalue weighted by Crippen LogP contribution is 2.33. The van der Waals surface area contributed by atoms with E-state index in [1.54, 1.807) is 13.8 Å². The van der Waals surface area contributed by atoms with Crippen LogP contribution in [-0.2, 0) is 9.84 Å². The first-order valence-corrected chi connectivity index (χ1v) is 8.92. The van der Waals surface area contributed by atoms with Crippen molar-refractivity contribution in [2.45, 2.75) is 31.4 Å². The van der Waals surface area contributed by atoms with Crippen molar-refractivity contribution in [1.29, 1.82) is 0 Å². The fourth-order valence-electron chi connectivity index (χ4n) is 2.94. The first kappa shape index (κ1) is 16.7. The van der Waals surface area contributed by atoms with Crippen LogP contribution in [0.1, 0.15) is 37.0 Å². The van der Waals surface area contributed by atoms with Crippen molar-refractivity contribution in [3.05, 3.63) is 29.6 Å². The highest BCUT2D eigenvalue weighted by atomic mass is 32.2. The lowest BCUT2D eigenvalue weighted by Gasteiger charge is -2.41.